The summed E-state index contributed by atoms with van der Waals surface area (Å²) in [5, 5.41) is 3.50. The number of nitrogens with one attached hydrogen (secondary N) is 2. The summed E-state index contributed by atoms with van der Waals surface area (Å²) in [4.78, 5) is 40.0. The second-order valence-corrected chi connectivity index (χ2v) is 7.51. The largest absolute Gasteiger partial charge is 1.00 e. The van der Waals surface area contributed by atoms with Crippen LogP contribution in [0.3, 0.4) is 0 Å². The van der Waals surface area contributed by atoms with Gasteiger partial charge in [-0.15, -0.1) is 0 Å². The van der Waals surface area contributed by atoms with E-state index in [2.05, 4.69) is 10.3 Å². The number of rotatable bonds is 8. The van der Waals surface area contributed by atoms with E-state index in [1.807, 2.05) is 35.2 Å². The first-order valence-electron chi connectivity index (χ1n) is 10.9. The fraction of sp³-hybridized carbons (Fsp3) is 0.154. The third kappa shape index (κ3) is 6.45. The highest BCUT2D eigenvalue weighted by atomic mass is 35.5. The molecule has 9 heteroatoms. The van der Waals surface area contributed by atoms with Crippen LogP contribution in [0.15, 0.2) is 79.3 Å². The number of hydrogen-bond donors (Lipinski definition) is 2. The van der Waals surface area contributed by atoms with Gasteiger partial charge in [0.1, 0.15) is 5.75 Å². The molecule has 0 spiro atoms. The number of pyridine rings is 1. The number of ether oxygens (including phenoxy) is 2. The van der Waals surface area contributed by atoms with E-state index in [1.165, 1.54) is 24.3 Å². The molecule has 1 amide bonds. The molecule has 0 saturated carbocycles. The molecule has 0 bridgehead atoms. The molecule has 0 atom stereocenters. The zero-order valence-electron chi connectivity index (χ0n) is 19.0. The molecule has 35 heavy (non-hydrogen) atoms. The number of amides is 1. The minimum atomic E-state index is -0.556. The maximum absolute atomic E-state index is 12.8. The number of benzene rings is 2. The molecule has 0 fully saturated rings. The van der Waals surface area contributed by atoms with E-state index in [1.54, 1.807) is 31.3 Å². The highest BCUT2D eigenvalue weighted by Crippen LogP contribution is 2.24. The molecule has 4 rings (SSSR count). The van der Waals surface area contributed by atoms with Gasteiger partial charge in [-0.2, -0.15) is 0 Å². The van der Waals surface area contributed by atoms with Crippen LogP contribution in [-0.2, 0) is 16.1 Å². The van der Waals surface area contributed by atoms with E-state index in [-0.39, 0.29) is 24.9 Å². The number of anilines is 1. The predicted molar refractivity (Wildman–Crippen MR) is 126 cm³/mol. The number of aromatic amines is 1. The summed E-state index contributed by atoms with van der Waals surface area (Å²) < 4.78 is 12.4. The number of halogens is 1. The van der Waals surface area contributed by atoms with Crippen molar-refractivity contribution in [2.45, 2.75) is 19.9 Å². The second kappa shape index (κ2) is 11.8. The van der Waals surface area contributed by atoms with Crippen molar-refractivity contribution in [2.75, 3.05) is 11.9 Å². The molecule has 0 aliphatic carbocycles. The van der Waals surface area contributed by atoms with E-state index in [4.69, 9.17) is 9.47 Å². The van der Waals surface area contributed by atoms with Gasteiger partial charge in [0, 0.05) is 34.9 Å². The zero-order chi connectivity index (χ0) is 23.9. The van der Waals surface area contributed by atoms with E-state index < -0.39 is 11.9 Å². The molecule has 8 nitrogen and oxygen atoms in total. The van der Waals surface area contributed by atoms with Crippen molar-refractivity contribution < 1.29 is 40.8 Å². The van der Waals surface area contributed by atoms with Crippen LogP contribution in [0.1, 0.15) is 34.1 Å². The maximum Gasteiger partial charge on any atom is 0.345 e. The Morgan fingerprint density at radius 1 is 0.971 bits per heavy atom. The number of aromatic nitrogens is 2. The Labute approximate surface area is 208 Å². The number of carbonyl (C=O) groups is 3. The topological polar surface area (TPSA) is 101 Å². The second-order valence-electron chi connectivity index (χ2n) is 7.51. The number of aryl methyl sites for hydroxylation is 1. The summed E-state index contributed by atoms with van der Waals surface area (Å²) >= 11 is 0. The molecule has 0 unspecified atom stereocenters. The number of hydrogen-bond acceptors (Lipinski definition) is 5. The minimum absolute atomic E-state index is 0. The van der Waals surface area contributed by atoms with Crippen molar-refractivity contribution in [3.05, 3.63) is 90.4 Å². The summed E-state index contributed by atoms with van der Waals surface area (Å²) in [5.41, 5.74) is 2.03. The molecular weight excluding hydrogens is 470 g/mol. The molecule has 2 N–H and O–H groups in total. The van der Waals surface area contributed by atoms with E-state index in [9.17, 15) is 14.4 Å². The lowest BCUT2D eigenvalue weighted by Crippen LogP contribution is -3.00. The maximum atomic E-state index is 12.8. The summed E-state index contributed by atoms with van der Waals surface area (Å²) in [6.45, 7) is 2.58. The fourth-order valence-corrected chi connectivity index (χ4v) is 3.44. The van der Waals surface area contributed by atoms with E-state index >= 15 is 0 Å². The summed E-state index contributed by atoms with van der Waals surface area (Å²) in [5.74, 6) is -0.819. The van der Waals surface area contributed by atoms with E-state index in [0.717, 1.165) is 5.52 Å². The van der Waals surface area contributed by atoms with Crippen LogP contribution in [-0.4, -0.2) is 29.4 Å². The SMILES string of the molecule is CCOC(=O)c1ccc(OC(=O)c2c[nH]c3ccc(NC(=O)CC[n+]4ccccc4)cc23)cc1.[Cl-]. The van der Waals surface area contributed by atoms with E-state index in [0.29, 0.717) is 40.9 Å². The normalized spacial score (nSPS) is 10.3. The molecule has 0 aliphatic rings. The third-order valence-electron chi connectivity index (χ3n) is 5.14. The van der Waals surface area contributed by atoms with Gasteiger partial charge in [0.05, 0.1) is 24.2 Å². The van der Waals surface area contributed by atoms with Gasteiger partial charge in [0.2, 0.25) is 5.91 Å². The number of H-pyrrole nitrogens is 1. The van der Waals surface area contributed by atoms with Crippen LogP contribution in [0, 0.1) is 0 Å². The van der Waals surface area contributed by atoms with Gasteiger partial charge < -0.3 is 32.2 Å². The molecule has 180 valence electrons. The van der Waals surface area contributed by atoms with Gasteiger partial charge in [-0.25, -0.2) is 14.2 Å². The Hall–Kier alpha value is -4.17. The summed E-state index contributed by atoms with van der Waals surface area (Å²) in [6, 6.07) is 17.2. The highest BCUT2D eigenvalue weighted by molar-refractivity contribution is 6.06. The Bertz CT molecular complexity index is 1320. The lowest BCUT2D eigenvalue weighted by Gasteiger charge is -2.07. The van der Waals surface area contributed by atoms with Gasteiger partial charge in [0.25, 0.3) is 0 Å². The Morgan fingerprint density at radius 2 is 1.71 bits per heavy atom. The average molecular weight is 494 g/mol. The van der Waals surface area contributed by atoms with Crippen LogP contribution in [0.2, 0.25) is 0 Å². The third-order valence-corrected chi connectivity index (χ3v) is 5.14. The van der Waals surface area contributed by atoms with Crippen LogP contribution in [0.5, 0.6) is 5.75 Å². The average Bonchev–Trinajstić information content (AvgIpc) is 3.27. The fourth-order valence-electron chi connectivity index (χ4n) is 3.44. The highest BCUT2D eigenvalue weighted by Gasteiger charge is 2.16. The van der Waals surface area contributed by atoms with Crippen LogP contribution in [0.4, 0.5) is 5.69 Å². The summed E-state index contributed by atoms with van der Waals surface area (Å²) in [7, 11) is 0. The van der Waals surface area contributed by atoms with Gasteiger partial charge in [-0.1, -0.05) is 6.07 Å². The first kappa shape index (κ1) is 25.5. The van der Waals surface area contributed by atoms with Gasteiger partial charge in [-0.05, 0) is 49.4 Å². The Kier molecular flexibility index (Phi) is 8.58. The van der Waals surface area contributed by atoms with Crippen molar-refractivity contribution in [1.29, 1.82) is 0 Å². The van der Waals surface area contributed by atoms with Crippen molar-refractivity contribution in [1.82, 2.24) is 4.98 Å². The number of carbonyl (C=O) groups excluding carboxylic acids is 3. The number of fused-ring (bicyclic) bond motifs is 1. The number of nitrogens with zero attached hydrogens (tertiary/aromatic N) is 1. The van der Waals surface area contributed by atoms with Crippen LogP contribution in [0.25, 0.3) is 10.9 Å². The Morgan fingerprint density at radius 3 is 2.43 bits per heavy atom. The van der Waals surface area contributed by atoms with Gasteiger partial charge in [-0.3, -0.25) is 4.79 Å². The lowest BCUT2D eigenvalue weighted by atomic mass is 10.1. The lowest BCUT2D eigenvalue weighted by molar-refractivity contribution is -0.695. The molecule has 0 aliphatic heterocycles. The van der Waals surface area contributed by atoms with Crippen molar-refractivity contribution >= 4 is 34.4 Å². The monoisotopic (exact) mass is 493 g/mol. The zero-order valence-corrected chi connectivity index (χ0v) is 19.7. The quantitative estimate of drug-likeness (QED) is 0.216. The standard InChI is InChI=1S/C26H23N3O5.ClH/c1-2-33-25(31)18-6-9-20(10-7-18)34-26(32)22-17-27-23-11-8-19(16-21(22)23)28-24(30)12-15-29-13-4-3-5-14-29;/h3-11,13-14,16-17H,2,12,15H2,1H3,(H-,27,28,30,32);1H. The number of esters is 2. The van der Waals surface area contributed by atoms with Crippen molar-refractivity contribution in [3.63, 3.8) is 0 Å². The molecule has 4 aromatic rings. The van der Waals surface area contributed by atoms with Crippen LogP contribution >= 0.6 is 0 Å². The Balaban J connectivity index is 0.00000342. The molecule has 0 saturated heterocycles. The first-order valence-corrected chi connectivity index (χ1v) is 10.9. The molecule has 2 heterocycles. The minimum Gasteiger partial charge on any atom is -1.00 e. The molecule has 2 aromatic carbocycles. The predicted octanol–water partition coefficient (Wildman–Crippen LogP) is 0.884. The van der Waals surface area contributed by atoms with Gasteiger partial charge >= 0.3 is 11.9 Å². The van der Waals surface area contributed by atoms with Crippen LogP contribution < -0.4 is 27.0 Å². The molecular formula is C26H24ClN3O5. The molecule has 0 radical (unpaired) electrons. The molecule has 2 aromatic heterocycles. The van der Waals surface area contributed by atoms with Crippen molar-refractivity contribution in [3.8, 4) is 5.75 Å². The smallest absolute Gasteiger partial charge is 0.345 e. The first-order chi connectivity index (χ1) is 16.5. The van der Waals surface area contributed by atoms with Crippen molar-refractivity contribution in [2.24, 2.45) is 0 Å². The summed E-state index contributed by atoms with van der Waals surface area (Å²) in [6.07, 6.45) is 5.69. The van der Waals surface area contributed by atoms with Gasteiger partial charge in [0.15, 0.2) is 18.9 Å².